The summed E-state index contributed by atoms with van der Waals surface area (Å²) >= 11 is 0. The van der Waals surface area contributed by atoms with Crippen molar-refractivity contribution < 1.29 is 24.2 Å². The van der Waals surface area contributed by atoms with Crippen LogP contribution in [0.1, 0.15) is 126 Å². The van der Waals surface area contributed by atoms with Gasteiger partial charge in [-0.2, -0.15) is 0 Å². The van der Waals surface area contributed by atoms with E-state index in [2.05, 4.69) is 61.5 Å². The van der Waals surface area contributed by atoms with Gasteiger partial charge in [-0.15, -0.1) is 0 Å². The Morgan fingerprint density at radius 1 is 0.897 bits per heavy atom. The van der Waals surface area contributed by atoms with Crippen molar-refractivity contribution >= 4 is 17.7 Å². The monoisotopic (exact) mass is 540 g/mol. The molecule has 0 radical (unpaired) electrons. The zero-order valence-corrected chi connectivity index (χ0v) is 25.7. The van der Waals surface area contributed by atoms with Gasteiger partial charge in [-0.05, 0) is 103 Å². The topological polar surface area (TPSA) is 80.7 Å². The predicted molar refractivity (Wildman–Crippen MR) is 152 cm³/mol. The second-order valence-electron chi connectivity index (χ2n) is 16.6. The first-order valence-electron chi connectivity index (χ1n) is 15.6. The molecule has 5 rings (SSSR count). The summed E-state index contributed by atoms with van der Waals surface area (Å²) in [5.74, 6) is -0.331. The van der Waals surface area contributed by atoms with Crippen molar-refractivity contribution in [1.82, 2.24) is 0 Å². The van der Waals surface area contributed by atoms with E-state index >= 15 is 0 Å². The molecule has 0 aliphatic heterocycles. The molecule has 5 aliphatic rings. The van der Waals surface area contributed by atoms with Gasteiger partial charge in [0.2, 0.25) is 0 Å². The van der Waals surface area contributed by atoms with Gasteiger partial charge in [0.15, 0.2) is 5.78 Å². The highest BCUT2D eigenvalue weighted by Gasteiger charge is 2.70. The molecule has 8 atom stereocenters. The molecule has 0 spiro atoms. The van der Waals surface area contributed by atoms with Gasteiger partial charge >= 0.3 is 11.9 Å². The number of carboxylic acid groups (broad SMARTS) is 1. The molecule has 4 fully saturated rings. The lowest BCUT2D eigenvalue weighted by Gasteiger charge is -2.70. The second kappa shape index (κ2) is 8.92. The van der Waals surface area contributed by atoms with E-state index in [4.69, 9.17) is 9.84 Å². The second-order valence-corrected chi connectivity index (χ2v) is 16.6. The number of aliphatic carboxylic acids is 1. The molecule has 5 heteroatoms. The molecule has 5 aliphatic carbocycles. The molecule has 4 saturated carbocycles. The molecular weight excluding hydrogens is 488 g/mol. The van der Waals surface area contributed by atoms with Gasteiger partial charge in [-0.25, -0.2) is 0 Å². The highest BCUT2D eigenvalue weighted by molar-refractivity contribution is 5.95. The molecule has 0 saturated heterocycles. The van der Waals surface area contributed by atoms with Gasteiger partial charge in [0.1, 0.15) is 6.10 Å². The number of hydrogen-bond donors (Lipinski definition) is 1. The Hall–Kier alpha value is -1.65. The van der Waals surface area contributed by atoms with Crippen molar-refractivity contribution in [2.45, 2.75) is 132 Å². The van der Waals surface area contributed by atoms with Crippen LogP contribution < -0.4 is 0 Å². The Morgan fingerprint density at radius 2 is 1.56 bits per heavy atom. The number of esters is 1. The summed E-state index contributed by atoms with van der Waals surface area (Å²) in [5, 5.41) is 8.98. The Kier molecular flexibility index (Phi) is 6.60. The summed E-state index contributed by atoms with van der Waals surface area (Å²) in [6.07, 6.45) is 11.4. The van der Waals surface area contributed by atoms with E-state index in [0.717, 1.165) is 25.7 Å². The molecule has 0 heterocycles. The van der Waals surface area contributed by atoms with E-state index < -0.39 is 11.9 Å². The van der Waals surface area contributed by atoms with Gasteiger partial charge in [0.25, 0.3) is 0 Å². The molecule has 0 aromatic carbocycles. The minimum atomic E-state index is -0.981. The Bertz CT molecular complexity index is 1100. The van der Waals surface area contributed by atoms with Crippen LogP contribution in [0.15, 0.2) is 11.6 Å². The van der Waals surface area contributed by atoms with E-state index in [1.54, 1.807) is 0 Å². The van der Waals surface area contributed by atoms with Gasteiger partial charge < -0.3 is 9.84 Å². The van der Waals surface area contributed by atoms with E-state index in [9.17, 15) is 14.4 Å². The van der Waals surface area contributed by atoms with Crippen LogP contribution in [0.25, 0.3) is 0 Å². The zero-order valence-electron chi connectivity index (χ0n) is 25.7. The molecule has 1 N–H and O–H groups in total. The third-order valence-corrected chi connectivity index (χ3v) is 13.6. The first-order valence-corrected chi connectivity index (χ1v) is 15.6. The summed E-state index contributed by atoms with van der Waals surface area (Å²) in [7, 11) is 0. The molecule has 0 aromatic heterocycles. The number of fused-ring (bicyclic) bond motifs is 7. The lowest BCUT2D eigenvalue weighted by atomic mass is 9.33. The molecular formula is C34H52O5. The van der Waals surface area contributed by atoms with Crippen molar-refractivity contribution in [2.24, 2.45) is 50.2 Å². The van der Waals surface area contributed by atoms with Gasteiger partial charge in [-0.1, -0.05) is 61.0 Å². The Morgan fingerprint density at radius 3 is 2.23 bits per heavy atom. The number of ether oxygens (including phenoxy) is 1. The standard InChI is InChI=1S/C34H52O5/c1-29(2)15-16-31(5)17-18-33(7)21(22(31)20-29)19-23(35)28-32(6)13-12-25(39-27(38)10-9-26(36)37)30(3,4)24(32)11-14-34(28,33)8/h19,22,24-25,28H,9-18,20H2,1-8H3,(H,36,37)/t22-,24?,25-,28?,31+,32-,33+,34+/m0/s1. The Labute approximate surface area is 235 Å². The van der Waals surface area contributed by atoms with Crippen LogP contribution in [0, 0.1) is 50.2 Å². The zero-order chi connectivity index (χ0) is 28.8. The number of allylic oxidation sites excluding steroid dienone is 2. The molecule has 5 nitrogen and oxygen atoms in total. The number of hydrogen-bond acceptors (Lipinski definition) is 4. The normalized spacial score (nSPS) is 46.1. The van der Waals surface area contributed by atoms with Crippen LogP contribution in [0.2, 0.25) is 0 Å². The van der Waals surface area contributed by atoms with Crippen molar-refractivity contribution in [3.63, 3.8) is 0 Å². The van der Waals surface area contributed by atoms with E-state index in [0.29, 0.717) is 22.5 Å². The molecule has 0 aromatic rings. The van der Waals surface area contributed by atoms with Gasteiger partial charge in [0.05, 0.1) is 12.8 Å². The van der Waals surface area contributed by atoms with E-state index in [-0.39, 0.29) is 52.4 Å². The van der Waals surface area contributed by atoms with Crippen LogP contribution in [-0.2, 0) is 19.1 Å². The van der Waals surface area contributed by atoms with Crippen molar-refractivity contribution in [1.29, 1.82) is 0 Å². The van der Waals surface area contributed by atoms with Gasteiger partial charge in [0, 0.05) is 11.3 Å². The third kappa shape index (κ3) is 4.18. The number of carbonyl (C=O) groups excluding carboxylic acids is 2. The van der Waals surface area contributed by atoms with E-state index in [1.807, 2.05) is 0 Å². The number of ketones is 1. The molecule has 0 amide bonds. The summed E-state index contributed by atoms with van der Waals surface area (Å²) in [5.41, 5.74) is 1.60. The largest absolute Gasteiger partial charge is 0.481 e. The first-order chi connectivity index (χ1) is 17.9. The Balaban J connectivity index is 1.48. The van der Waals surface area contributed by atoms with Crippen molar-refractivity contribution in [2.75, 3.05) is 0 Å². The number of carboxylic acids is 1. The maximum Gasteiger partial charge on any atom is 0.306 e. The average molecular weight is 541 g/mol. The SMILES string of the molecule is CC1(C)CC[C@]2(C)CC[C@]3(C)C(=CC(=O)C4[C@@]5(C)CC[C@H](OC(=O)CCC(=O)O)C(C)(C)C5CC[C@]43C)[C@@H]2C1. The lowest BCUT2D eigenvalue weighted by Crippen LogP contribution is -2.66. The highest BCUT2D eigenvalue weighted by Crippen LogP contribution is 2.75. The van der Waals surface area contributed by atoms with Crippen LogP contribution in [-0.4, -0.2) is 28.9 Å². The summed E-state index contributed by atoms with van der Waals surface area (Å²) in [4.78, 5) is 37.9. The summed E-state index contributed by atoms with van der Waals surface area (Å²) in [6, 6.07) is 0. The van der Waals surface area contributed by atoms with Gasteiger partial charge in [-0.3, -0.25) is 14.4 Å². The third-order valence-electron chi connectivity index (χ3n) is 13.6. The summed E-state index contributed by atoms with van der Waals surface area (Å²) < 4.78 is 5.94. The van der Waals surface area contributed by atoms with Crippen LogP contribution >= 0.6 is 0 Å². The summed E-state index contributed by atoms with van der Waals surface area (Å²) in [6.45, 7) is 19.0. The maximum atomic E-state index is 14.4. The molecule has 218 valence electrons. The fraction of sp³-hybridized carbons (Fsp3) is 0.853. The quantitative estimate of drug-likeness (QED) is 0.369. The predicted octanol–water partition coefficient (Wildman–Crippen LogP) is 7.76. The minimum absolute atomic E-state index is 0.0265. The lowest BCUT2D eigenvalue weighted by molar-refractivity contribution is -0.211. The fourth-order valence-electron chi connectivity index (χ4n) is 11.0. The van der Waals surface area contributed by atoms with E-state index in [1.165, 1.54) is 37.7 Å². The minimum Gasteiger partial charge on any atom is -0.481 e. The van der Waals surface area contributed by atoms with Crippen LogP contribution in [0.4, 0.5) is 0 Å². The average Bonchev–Trinajstić information content (AvgIpc) is 2.82. The maximum absolute atomic E-state index is 14.4. The first kappa shape index (κ1) is 28.9. The van der Waals surface area contributed by atoms with Crippen molar-refractivity contribution in [3.8, 4) is 0 Å². The van der Waals surface area contributed by atoms with Crippen molar-refractivity contribution in [3.05, 3.63) is 11.6 Å². The number of carbonyl (C=O) groups is 3. The molecule has 0 bridgehead atoms. The molecule has 2 unspecified atom stereocenters. The van der Waals surface area contributed by atoms with Crippen LogP contribution in [0.3, 0.4) is 0 Å². The fourth-order valence-corrected chi connectivity index (χ4v) is 11.0. The van der Waals surface area contributed by atoms with Crippen LogP contribution in [0.5, 0.6) is 0 Å². The molecule has 39 heavy (non-hydrogen) atoms. The highest BCUT2D eigenvalue weighted by atomic mass is 16.5. The number of rotatable bonds is 4. The smallest absolute Gasteiger partial charge is 0.306 e.